The van der Waals surface area contributed by atoms with E-state index in [1.165, 1.54) is 12.3 Å². The summed E-state index contributed by atoms with van der Waals surface area (Å²) >= 11 is 5.80. The van der Waals surface area contributed by atoms with E-state index in [4.69, 9.17) is 16.3 Å². The highest BCUT2D eigenvalue weighted by molar-refractivity contribution is 6.30. The van der Waals surface area contributed by atoms with E-state index < -0.39 is 0 Å². The topological polar surface area (TPSA) is 42.4 Å². The quantitative estimate of drug-likeness (QED) is 0.757. The Morgan fingerprint density at radius 2 is 2.24 bits per heavy atom. The molecule has 0 saturated carbocycles. The number of piperidine rings is 1. The second kappa shape index (κ2) is 5.47. The van der Waals surface area contributed by atoms with Gasteiger partial charge in [-0.25, -0.2) is 9.78 Å². The average Bonchev–Trinajstić information content (AvgIpc) is 2.32. The molecule has 17 heavy (non-hydrogen) atoms. The van der Waals surface area contributed by atoms with Gasteiger partial charge in [-0.05, 0) is 32.0 Å². The first-order chi connectivity index (χ1) is 8.15. The standard InChI is InChI=1S/C12H15ClN2O2/c1-15-6-3-10(4-7-15)17-12(16)11-8-9(13)2-5-14-11/h2,5,8,10H,3-4,6-7H2,1H3. The first kappa shape index (κ1) is 12.3. The molecule has 1 aliphatic rings. The SMILES string of the molecule is CN1CCC(OC(=O)c2cc(Cl)ccn2)CC1. The van der Waals surface area contributed by atoms with Crippen molar-refractivity contribution in [2.75, 3.05) is 20.1 Å². The summed E-state index contributed by atoms with van der Waals surface area (Å²) in [5, 5.41) is 0.496. The molecule has 92 valence electrons. The van der Waals surface area contributed by atoms with Crippen LogP contribution >= 0.6 is 11.6 Å². The van der Waals surface area contributed by atoms with E-state index in [9.17, 15) is 4.79 Å². The summed E-state index contributed by atoms with van der Waals surface area (Å²) < 4.78 is 5.39. The molecule has 4 nitrogen and oxygen atoms in total. The van der Waals surface area contributed by atoms with Gasteiger partial charge in [0.15, 0.2) is 0 Å². The van der Waals surface area contributed by atoms with Gasteiger partial charge in [-0.3, -0.25) is 0 Å². The first-order valence-electron chi connectivity index (χ1n) is 5.66. The second-order valence-electron chi connectivity index (χ2n) is 4.27. The van der Waals surface area contributed by atoms with Crippen molar-refractivity contribution in [1.29, 1.82) is 0 Å². The van der Waals surface area contributed by atoms with E-state index in [1.807, 2.05) is 0 Å². The molecular formula is C12H15ClN2O2. The fourth-order valence-electron chi connectivity index (χ4n) is 1.83. The molecule has 0 N–H and O–H groups in total. The van der Waals surface area contributed by atoms with Crippen molar-refractivity contribution in [2.24, 2.45) is 0 Å². The number of rotatable bonds is 2. The molecule has 0 bridgehead atoms. The predicted molar refractivity (Wildman–Crippen MR) is 65.2 cm³/mol. The maximum Gasteiger partial charge on any atom is 0.357 e. The van der Waals surface area contributed by atoms with Gasteiger partial charge in [-0.1, -0.05) is 11.6 Å². The predicted octanol–water partition coefficient (Wildman–Crippen LogP) is 1.99. The molecule has 1 aromatic heterocycles. The third-order valence-corrected chi connectivity index (χ3v) is 3.11. The zero-order valence-corrected chi connectivity index (χ0v) is 10.5. The second-order valence-corrected chi connectivity index (χ2v) is 4.70. The highest BCUT2D eigenvalue weighted by Gasteiger charge is 2.21. The van der Waals surface area contributed by atoms with Gasteiger partial charge in [-0.2, -0.15) is 0 Å². The van der Waals surface area contributed by atoms with Crippen LogP contribution in [0, 0.1) is 0 Å². The Balaban J connectivity index is 1.93. The van der Waals surface area contributed by atoms with Gasteiger partial charge in [0.05, 0.1) is 0 Å². The molecule has 2 rings (SSSR count). The highest BCUT2D eigenvalue weighted by Crippen LogP contribution is 2.15. The summed E-state index contributed by atoms with van der Waals surface area (Å²) in [6, 6.07) is 3.16. The number of aromatic nitrogens is 1. The zero-order chi connectivity index (χ0) is 12.3. The molecule has 1 aromatic rings. The smallest absolute Gasteiger partial charge is 0.357 e. The van der Waals surface area contributed by atoms with Gasteiger partial charge in [0.1, 0.15) is 11.8 Å². The van der Waals surface area contributed by atoms with Crippen molar-refractivity contribution in [3.05, 3.63) is 29.0 Å². The lowest BCUT2D eigenvalue weighted by Crippen LogP contribution is -2.35. The van der Waals surface area contributed by atoms with E-state index in [0.29, 0.717) is 5.02 Å². The van der Waals surface area contributed by atoms with Crippen LogP contribution in [0.25, 0.3) is 0 Å². The van der Waals surface area contributed by atoms with Gasteiger partial charge >= 0.3 is 5.97 Å². The van der Waals surface area contributed by atoms with Crippen molar-refractivity contribution in [2.45, 2.75) is 18.9 Å². The number of halogens is 1. The van der Waals surface area contributed by atoms with Crippen molar-refractivity contribution in [1.82, 2.24) is 9.88 Å². The fraction of sp³-hybridized carbons (Fsp3) is 0.500. The van der Waals surface area contributed by atoms with Gasteiger partial charge < -0.3 is 9.64 Å². The number of pyridine rings is 1. The van der Waals surface area contributed by atoms with E-state index in [-0.39, 0.29) is 17.8 Å². The zero-order valence-electron chi connectivity index (χ0n) is 9.73. The van der Waals surface area contributed by atoms with Crippen LogP contribution in [-0.2, 0) is 4.74 Å². The molecule has 2 heterocycles. The number of carbonyl (C=O) groups is 1. The van der Waals surface area contributed by atoms with Crippen molar-refractivity contribution in [3.63, 3.8) is 0 Å². The van der Waals surface area contributed by atoms with Crippen LogP contribution in [-0.4, -0.2) is 42.1 Å². The van der Waals surface area contributed by atoms with Crippen molar-refractivity contribution >= 4 is 17.6 Å². The van der Waals surface area contributed by atoms with Crippen LogP contribution in [0.4, 0.5) is 0 Å². The van der Waals surface area contributed by atoms with Gasteiger partial charge in [0, 0.05) is 24.3 Å². The molecule has 0 spiro atoms. The number of nitrogens with zero attached hydrogens (tertiary/aromatic N) is 2. The van der Waals surface area contributed by atoms with Crippen LogP contribution in [0.15, 0.2) is 18.3 Å². The number of esters is 1. The summed E-state index contributed by atoms with van der Waals surface area (Å²) in [5.41, 5.74) is 0.274. The maximum atomic E-state index is 11.8. The van der Waals surface area contributed by atoms with E-state index >= 15 is 0 Å². The van der Waals surface area contributed by atoms with Crippen LogP contribution < -0.4 is 0 Å². The average molecular weight is 255 g/mol. The Kier molecular flexibility index (Phi) is 3.97. The molecular weight excluding hydrogens is 240 g/mol. The monoisotopic (exact) mass is 254 g/mol. The van der Waals surface area contributed by atoms with Crippen LogP contribution in [0.1, 0.15) is 23.3 Å². The highest BCUT2D eigenvalue weighted by atomic mass is 35.5. The van der Waals surface area contributed by atoms with Gasteiger partial charge in [0.25, 0.3) is 0 Å². The molecule has 1 saturated heterocycles. The molecule has 0 unspecified atom stereocenters. The summed E-state index contributed by atoms with van der Waals surface area (Å²) in [6.45, 7) is 1.92. The van der Waals surface area contributed by atoms with Gasteiger partial charge in [-0.15, -0.1) is 0 Å². The molecule has 1 aliphatic heterocycles. The lowest BCUT2D eigenvalue weighted by molar-refractivity contribution is 0.0133. The summed E-state index contributed by atoms with van der Waals surface area (Å²) in [5.74, 6) is -0.387. The molecule has 0 radical (unpaired) electrons. The molecule has 0 aromatic carbocycles. The Morgan fingerprint density at radius 3 is 2.88 bits per heavy atom. The molecule has 0 amide bonds. The number of hydrogen-bond donors (Lipinski definition) is 0. The number of ether oxygens (including phenoxy) is 1. The number of hydrogen-bond acceptors (Lipinski definition) is 4. The van der Waals surface area contributed by atoms with Gasteiger partial charge in [0.2, 0.25) is 0 Å². The lowest BCUT2D eigenvalue weighted by Gasteiger charge is -2.28. The summed E-state index contributed by atoms with van der Waals surface area (Å²) in [4.78, 5) is 18.0. The van der Waals surface area contributed by atoms with Crippen LogP contribution in [0.3, 0.4) is 0 Å². The third kappa shape index (κ3) is 3.41. The van der Waals surface area contributed by atoms with Crippen molar-refractivity contribution < 1.29 is 9.53 Å². The summed E-state index contributed by atoms with van der Waals surface area (Å²) in [6.07, 6.45) is 3.26. The normalized spacial score (nSPS) is 18.0. The summed E-state index contributed by atoms with van der Waals surface area (Å²) in [7, 11) is 2.07. The first-order valence-corrected chi connectivity index (χ1v) is 6.04. The Labute approximate surface area is 106 Å². The van der Waals surface area contributed by atoms with Crippen LogP contribution in [0.5, 0.6) is 0 Å². The van der Waals surface area contributed by atoms with Crippen LogP contribution in [0.2, 0.25) is 5.02 Å². The molecule has 5 heteroatoms. The molecule has 1 fully saturated rings. The Hall–Kier alpha value is -1.13. The lowest BCUT2D eigenvalue weighted by atomic mass is 10.1. The Bertz CT molecular complexity index is 403. The number of likely N-dealkylation sites (tertiary alicyclic amines) is 1. The molecule has 0 aliphatic carbocycles. The minimum Gasteiger partial charge on any atom is -0.458 e. The van der Waals surface area contributed by atoms with E-state index in [1.54, 1.807) is 6.07 Å². The minimum atomic E-state index is -0.387. The van der Waals surface area contributed by atoms with E-state index in [0.717, 1.165) is 25.9 Å². The Morgan fingerprint density at radius 1 is 1.53 bits per heavy atom. The minimum absolute atomic E-state index is 0.000480. The third-order valence-electron chi connectivity index (χ3n) is 2.87. The van der Waals surface area contributed by atoms with E-state index in [2.05, 4.69) is 16.9 Å². The maximum absolute atomic E-state index is 11.8. The van der Waals surface area contributed by atoms with Crippen molar-refractivity contribution in [3.8, 4) is 0 Å². The largest absolute Gasteiger partial charge is 0.458 e. The molecule has 0 atom stereocenters. The fourth-order valence-corrected chi connectivity index (χ4v) is 1.99. The number of carbonyl (C=O) groups excluding carboxylic acids is 1.